The number of amides is 2. The molecule has 0 unspecified atom stereocenters. The van der Waals surface area contributed by atoms with Crippen molar-refractivity contribution in [3.63, 3.8) is 0 Å². The van der Waals surface area contributed by atoms with E-state index in [1.807, 2.05) is 0 Å². The molecule has 6 heteroatoms. The second kappa shape index (κ2) is 5.33. The lowest BCUT2D eigenvalue weighted by molar-refractivity contribution is -0.139. The number of carbonyl (C=O) groups excluding carboxylic acids is 3. The zero-order valence-electron chi connectivity index (χ0n) is 8.64. The fraction of sp³-hybridized carbons (Fsp3) is 0.667. The Morgan fingerprint density at radius 3 is 2.20 bits per heavy atom. The molecule has 1 rings (SSSR count). The minimum Gasteiger partial charge on any atom is -0.450 e. The summed E-state index contributed by atoms with van der Waals surface area (Å²) in [6.07, 6.45) is -0.0734. The third-order valence-electron chi connectivity index (χ3n) is 2.22. The van der Waals surface area contributed by atoms with E-state index in [1.165, 1.54) is 9.80 Å². The molecule has 6 nitrogen and oxygen atoms in total. The molecule has 1 aliphatic rings. The summed E-state index contributed by atoms with van der Waals surface area (Å²) in [5.74, 6) is -0.529. The summed E-state index contributed by atoms with van der Waals surface area (Å²) in [7, 11) is 0. The number of hydrogen-bond acceptors (Lipinski definition) is 4. The van der Waals surface area contributed by atoms with E-state index in [9.17, 15) is 14.4 Å². The molecule has 0 bridgehead atoms. The van der Waals surface area contributed by atoms with Crippen LogP contribution in [0.25, 0.3) is 0 Å². The van der Waals surface area contributed by atoms with Gasteiger partial charge in [-0.25, -0.2) is 4.79 Å². The molecule has 2 amide bonds. The Hall–Kier alpha value is -1.59. The van der Waals surface area contributed by atoms with Crippen LogP contribution >= 0.6 is 0 Å². The molecule has 1 aliphatic heterocycles. The fourth-order valence-corrected chi connectivity index (χ4v) is 1.40. The first-order valence-electron chi connectivity index (χ1n) is 4.84. The first-order valence-corrected chi connectivity index (χ1v) is 4.84. The molecule has 1 saturated heterocycles. The van der Waals surface area contributed by atoms with E-state index >= 15 is 0 Å². The molecule has 0 spiro atoms. The van der Waals surface area contributed by atoms with Crippen LogP contribution in [-0.2, 0) is 14.3 Å². The molecule has 1 heterocycles. The monoisotopic (exact) mass is 214 g/mol. The van der Waals surface area contributed by atoms with Gasteiger partial charge in [-0.3, -0.25) is 9.59 Å². The molecule has 0 aromatic carbocycles. The third kappa shape index (κ3) is 2.93. The molecule has 0 aliphatic carbocycles. The zero-order chi connectivity index (χ0) is 11.3. The molecule has 0 N–H and O–H groups in total. The summed E-state index contributed by atoms with van der Waals surface area (Å²) in [6.45, 7) is 3.68. The Morgan fingerprint density at radius 1 is 1.20 bits per heavy atom. The van der Waals surface area contributed by atoms with E-state index in [-0.39, 0.29) is 6.09 Å². The van der Waals surface area contributed by atoms with Gasteiger partial charge in [-0.15, -0.1) is 0 Å². The highest BCUT2D eigenvalue weighted by molar-refractivity contribution is 6.23. The summed E-state index contributed by atoms with van der Waals surface area (Å²) in [5, 5.41) is 0. The van der Waals surface area contributed by atoms with Crippen LogP contribution in [0.3, 0.4) is 0 Å². The van der Waals surface area contributed by atoms with Crippen molar-refractivity contribution < 1.29 is 19.1 Å². The number of aldehydes is 1. The molecular formula is C9H14N2O4. The normalized spacial score (nSPS) is 16.1. The van der Waals surface area contributed by atoms with Gasteiger partial charge in [-0.1, -0.05) is 0 Å². The SMILES string of the molecule is CCOC(=O)N1CCN(C(=O)C=O)CC1. The van der Waals surface area contributed by atoms with Crippen LogP contribution in [0.15, 0.2) is 0 Å². The van der Waals surface area contributed by atoms with Gasteiger partial charge in [0.2, 0.25) is 6.29 Å². The Labute approximate surface area is 87.8 Å². The van der Waals surface area contributed by atoms with Gasteiger partial charge in [0.05, 0.1) is 6.61 Å². The lowest BCUT2D eigenvalue weighted by Gasteiger charge is -2.32. The summed E-state index contributed by atoms with van der Waals surface area (Å²) < 4.78 is 4.82. The van der Waals surface area contributed by atoms with Crippen molar-refractivity contribution in [2.24, 2.45) is 0 Å². The summed E-state index contributed by atoms with van der Waals surface area (Å²) in [6, 6.07) is 0. The first-order chi connectivity index (χ1) is 7.19. The molecule has 0 aromatic rings. The number of hydrogen-bond donors (Lipinski definition) is 0. The topological polar surface area (TPSA) is 66.9 Å². The van der Waals surface area contributed by atoms with Crippen LogP contribution in [0.1, 0.15) is 6.92 Å². The molecule has 1 fully saturated rings. The highest BCUT2D eigenvalue weighted by atomic mass is 16.6. The maximum absolute atomic E-state index is 11.3. The Bertz CT molecular complexity index is 259. The van der Waals surface area contributed by atoms with Crippen LogP contribution in [0.5, 0.6) is 0 Å². The number of ether oxygens (including phenoxy) is 1. The standard InChI is InChI=1S/C9H14N2O4/c1-2-15-9(14)11-5-3-10(4-6-11)8(13)7-12/h7H,2-6H2,1H3. The van der Waals surface area contributed by atoms with Gasteiger partial charge in [0, 0.05) is 26.2 Å². The van der Waals surface area contributed by atoms with Gasteiger partial charge in [0.15, 0.2) is 0 Å². The predicted molar refractivity (Wildman–Crippen MR) is 51.2 cm³/mol. The highest BCUT2D eigenvalue weighted by Gasteiger charge is 2.24. The Morgan fingerprint density at radius 2 is 1.73 bits per heavy atom. The van der Waals surface area contributed by atoms with Crippen LogP contribution < -0.4 is 0 Å². The van der Waals surface area contributed by atoms with E-state index in [0.717, 1.165) is 0 Å². The van der Waals surface area contributed by atoms with E-state index in [0.29, 0.717) is 39.1 Å². The van der Waals surface area contributed by atoms with E-state index in [4.69, 9.17) is 4.74 Å². The van der Waals surface area contributed by atoms with Crippen molar-refractivity contribution in [1.29, 1.82) is 0 Å². The van der Waals surface area contributed by atoms with Gasteiger partial charge >= 0.3 is 6.09 Å². The molecule has 0 atom stereocenters. The highest BCUT2D eigenvalue weighted by Crippen LogP contribution is 2.03. The molecular weight excluding hydrogens is 200 g/mol. The van der Waals surface area contributed by atoms with E-state index in [1.54, 1.807) is 6.92 Å². The zero-order valence-corrected chi connectivity index (χ0v) is 8.64. The molecule has 15 heavy (non-hydrogen) atoms. The number of carbonyl (C=O) groups is 3. The smallest absolute Gasteiger partial charge is 0.409 e. The van der Waals surface area contributed by atoms with Crippen LogP contribution in [0.2, 0.25) is 0 Å². The van der Waals surface area contributed by atoms with Crippen molar-refractivity contribution in [3.8, 4) is 0 Å². The van der Waals surface area contributed by atoms with Crippen molar-refractivity contribution in [1.82, 2.24) is 9.80 Å². The minimum atomic E-state index is -0.529. The Kier molecular flexibility index (Phi) is 4.08. The average molecular weight is 214 g/mol. The van der Waals surface area contributed by atoms with E-state index in [2.05, 4.69) is 0 Å². The molecule has 0 aromatic heterocycles. The van der Waals surface area contributed by atoms with E-state index < -0.39 is 5.91 Å². The van der Waals surface area contributed by atoms with Gasteiger partial charge in [0.1, 0.15) is 0 Å². The predicted octanol–water partition coefficient (Wildman–Crippen LogP) is -0.514. The summed E-state index contributed by atoms with van der Waals surface area (Å²) in [4.78, 5) is 35.4. The van der Waals surface area contributed by atoms with Crippen molar-refractivity contribution in [2.75, 3.05) is 32.8 Å². The van der Waals surface area contributed by atoms with Crippen molar-refractivity contribution in [3.05, 3.63) is 0 Å². The third-order valence-corrected chi connectivity index (χ3v) is 2.22. The lowest BCUT2D eigenvalue weighted by Crippen LogP contribution is -2.51. The fourth-order valence-electron chi connectivity index (χ4n) is 1.40. The average Bonchev–Trinajstić information content (AvgIpc) is 2.28. The van der Waals surface area contributed by atoms with Crippen molar-refractivity contribution in [2.45, 2.75) is 6.92 Å². The quantitative estimate of drug-likeness (QED) is 0.458. The summed E-state index contributed by atoms with van der Waals surface area (Å²) >= 11 is 0. The Balaban J connectivity index is 2.38. The maximum atomic E-state index is 11.3. The van der Waals surface area contributed by atoms with Crippen LogP contribution in [0.4, 0.5) is 4.79 Å². The second-order valence-electron chi connectivity index (χ2n) is 3.13. The maximum Gasteiger partial charge on any atom is 0.409 e. The van der Waals surface area contributed by atoms with Crippen LogP contribution in [-0.4, -0.2) is 60.9 Å². The first kappa shape index (κ1) is 11.5. The molecule has 0 radical (unpaired) electrons. The largest absolute Gasteiger partial charge is 0.450 e. The van der Waals surface area contributed by atoms with Gasteiger partial charge < -0.3 is 14.5 Å². The van der Waals surface area contributed by atoms with Gasteiger partial charge in [-0.05, 0) is 6.92 Å². The summed E-state index contributed by atoms with van der Waals surface area (Å²) in [5.41, 5.74) is 0. The number of rotatable bonds is 2. The molecule has 0 saturated carbocycles. The van der Waals surface area contributed by atoms with Gasteiger partial charge in [0.25, 0.3) is 5.91 Å². The number of piperazine rings is 1. The molecule has 84 valence electrons. The minimum absolute atomic E-state index is 0.292. The van der Waals surface area contributed by atoms with Gasteiger partial charge in [-0.2, -0.15) is 0 Å². The second-order valence-corrected chi connectivity index (χ2v) is 3.13. The number of nitrogens with zero attached hydrogens (tertiary/aromatic N) is 2. The van der Waals surface area contributed by atoms with Crippen molar-refractivity contribution >= 4 is 18.3 Å². The van der Waals surface area contributed by atoms with Crippen LogP contribution in [0, 0.1) is 0 Å². The lowest BCUT2D eigenvalue weighted by atomic mass is 10.3.